The Morgan fingerprint density at radius 3 is 2.41 bits per heavy atom. The van der Waals surface area contributed by atoms with Gasteiger partial charge in [0, 0.05) is 7.11 Å². The summed E-state index contributed by atoms with van der Waals surface area (Å²) in [5.41, 5.74) is 2.24. The van der Waals surface area contributed by atoms with Gasteiger partial charge >= 0.3 is 5.97 Å². The number of rotatable bonds is 8. The summed E-state index contributed by atoms with van der Waals surface area (Å²) in [6, 6.07) is 17.9. The summed E-state index contributed by atoms with van der Waals surface area (Å²) in [6.45, 7) is 0.425. The lowest BCUT2D eigenvalue weighted by atomic mass is 9.96. The molecule has 1 heterocycles. The van der Waals surface area contributed by atoms with E-state index < -0.39 is 0 Å². The molecule has 5 nitrogen and oxygen atoms in total. The van der Waals surface area contributed by atoms with Crippen LogP contribution >= 0.6 is 0 Å². The predicted octanol–water partition coefficient (Wildman–Crippen LogP) is 3.54. The number of methoxy groups -OCH3 is 2. The van der Waals surface area contributed by atoms with Crippen molar-refractivity contribution < 1.29 is 23.7 Å². The molecule has 1 aliphatic rings. The summed E-state index contributed by atoms with van der Waals surface area (Å²) in [7, 11) is 3.25. The third-order valence-corrected chi connectivity index (χ3v) is 4.85. The van der Waals surface area contributed by atoms with Gasteiger partial charge in [0.15, 0.2) is 0 Å². The Labute approximate surface area is 160 Å². The Hall–Kier alpha value is -2.37. The van der Waals surface area contributed by atoms with Crippen LogP contribution in [0.3, 0.4) is 0 Å². The van der Waals surface area contributed by atoms with E-state index >= 15 is 0 Å². The van der Waals surface area contributed by atoms with Crippen LogP contribution in [0.5, 0.6) is 5.75 Å². The Morgan fingerprint density at radius 2 is 1.74 bits per heavy atom. The molecule has 1 fully saturated rings. The Balaban J connectivity index is 1.65. The number of ether oxygens (including phenoxy) is 4. The molecule has 3 rings (SSSR count). The summed E-state index contributed by atoms with van der Waals surface area (Å²) in [4.78, 5) is 12.0. The number of cyclic esters (lactones) is 1. The molecule has 0 saturated carbocycles. The first-order chi connectivity index (χ1) is 13.2. The molecule has 0 aromatic heterocycles. The molecular weight excluding hydrogens is 344 g/mol. The highest BCUT2D eigenvalue weighted by Gasteiger charge is 2.39. The van der Waals surface area contributed by atoms with Crippen LogP contribution in [0.4, 0.5) is 0 Å². The maximum Gasteiger partial charge on any atom is 0.308 e. The van der Waals surface area contributed by atoms with E-state index in [1.165, 1.54) is 5.56 Å². The Bertz CT molecular complexity index is 713. The van der Waals surface area contributed by atoms with Gasteiger partial charge in [0.1, 0.15) is 18.0 Å². The molecule has 0 N–H and O–H groups in total. The van der Waals surface area contributed by atoms with Crippen molar-refractivity contribution in [2.24, 2.45) is 0 Å². The minimum Gasteiger partial charge on any atom is -0.497 e. The van der Waals surface area contributed by atoms with E-state index in [9.17, 15) is 4.79 Å². The zero-order valence-electron chi connectivity index (χ0n) is 15.8. The first-order valence-corrected chi connectivity index (χ1v) is 9.20. The van der Waals surface area contributed by atoms with Crippen LogP contribution in [0, 0.1) is 0 Å². The SMILES string of the molecule is COc1ccc(CO[C@@H]2C(OC)CC(=O)O[C@H]2CCc2ccccc2)cc1. The van der Waals surface area contributed by atoms with E-state index in [0.717, 1.165) is 17.7 Å². The van der Waals surface area contributed by atoms with Gasteiger partial charge in [0.25, 0.3) is 0 Å². The minimum atomic E-state index is -0.324. The molecule has 1 saturated heterocycles. The summed E-state index contributed by atoms with van der Waals surface area (Å²) < 4.78 is 22.5. The summed E-state index contributed by atoms with van der Waals surface area (Å²) in [5.74, 6) is 0.574. The maximum absolute atomic E-state index is 12.0. The van der Waals surface area contributed by atoms with Crippen molar-refractivity contribution in [1.29, 1.82) is 0 Å². The number of carbonyl (C=O) groups excluding carboxylic acids is 1. The number of hydrogen-bond acceptors (Lipinski definition) is 5. The van der Waals surface area contributed by atoms with Crippen molar-refractivity contribution in [3.8, 4) is 5.75 Å². The van der Waals surface area contributed by atoms with Gasteiger partial charge in [0.05, 0.1) is 26.2 Å². The van der Waals surface area contributed by atoms with Crippen molar-refractivity contribution in [2.75, 3.05) is 14.2 Å². The average molecular weight is 370 g/mol. The van der Waals surface area contributed by atoms with Crippen molar-refractivity contribution in [1.82, 2.24) is 0 Å². The first-order valence-electron chi connectivity index (χ1n) is 9.20. The summed E-state index contributed by atoms with van der Waals surface area (Å²) in [5, 5.41) is 0. The standard InChI is InChI=1S/C22H26O5/c1-24-18-11-8-17(9-12-18)15-26-22-19(27-21(23)14-20(22)25-2)13-10-16-6-4-3-5-7-16/h3-9,11-12,19-20,22H,10,13-15H2,1-2H3/t19-,20?,22-/m0/s1. The highest BCUT2D eigenvalue weighted by Crippen LogP contribution is 2.26. The third kappa shape index (κ3) is 5.31. The van der Waals surface area contributed by atoms with Crippen LogP contribution in [-0.4, -0.2) is 38.5 Å². The predicted molar refractivity (Wildman–Crippen MR) is 102 cm³/mol. The van der Waals surface area contributed by atoms with Gasteiger partial charge in [-0.2, -0.15) is 0 Å². The van der Waals surface area contributed by atoms with Crippen LogP contribution in [0.1, 0.15) is 24.0 Å². The van der Waals surface area contributed by atoms with Crippen LogP contribution < -0.4 is 4.74 Å². The molecule has 144 valence electrons. The van der Waals surface area contributed by atoms with E-state index in [4.69, 9.17) is 18.9 Å². The molecule has 5 heteroatoms. The van der Waals surface area contributed by atoms with Gasteiger partial charge in [-0.25, -0.2) is 0 Å². The van der Waals surface area contributed by atoms with E-state index in [2.05, 4.69) is 12.1 Å². The van der Waals surface area contributed by atoms with Crippen molar-refractivity contribution in [2.45, 2.75) is 44.2 Å². The molecule has 2 aromatic rings. The number of hydrogen-bond donors (Lipinski definition) is 0. The van der Waals surface area contributed by atoms with Gasteiger partial charge in [-0.05, 0) is 36.1 Å². The molecule has 0 radical (unpaired) electrons. The van der Waals surface area contributed by atoms with E-state index in [1.807, 2.05) is 42.5 Å². The quantitative estimate of drug-likeness (QED) is 0.665. The lowest BCUT2D eigenvalue weighted by molar-refractivity contribution is -0.192. The molecule has 0 bridgehead atoms. The monoisotopic (exact) mass is 370 g/mol. The fourth-order valence-electron chi connectivity index (χ4n) is 3.33. The smallest absolute Gasteiger partial charge is 0.308 e. The van der Waals surface area contributed by atoms with Crippen molar-refractivity contribution in [3.05, 3.63) is 65.7 Å². The molecule has 0 amide bonds. The second-order valence-electron chi connectivity index (χ2n) is 6.65. The number of esters is 1. The molecule has 0 spiro atoms. The molecule has 1 aliphatic heterocycles. The lowest BCUT2D eigenvalue weighted by Gasteiger charge is -2.36. The Morgan fingerprint density at radius 1 is 1.00 bits per heavy atom. The van der Waals surface area contributed by atoms with E-state index in [0.29, 0.717) is 13.0 Å². The fourth-order valence-corrected chi connectivity index (χ4v) is 3.33. The van der Waals surface area contributed by atoms with E-state index in [-0.39, 0.29) is 30.7 Å². The maximum atomic E-state index is 12.0. The van der Waals surface area contributed by atoms with Crippen LogP contribution in [-0.2, 0) is 32.0 Å². The second-order valence-corrected chi connectivity index (χ2v) is 6.65. The molecule has 2 aromatic carbocycles. The summed E-state index contributed by atoms with van der Waals surface area (Å²) in [6.07, 6.45) is 0.810. The highest BCUT2D eigenvalue weighted by atomic mass is 16.6. The van der Waals surface area contributed by atoms with Crippen LogP contribution in [0.15, 0.2) is 54.6 Å². The highest BCUT2D eigenvalue weighted by molar-refractivity contribution is 5.71. The second kappa shape index (κ2) is 9.53. The molecule has 3 atom stereocenters. The Kier molecular flexibility index (Phi) is 6.85. The molecule has 1 unspecified atom stereocenters. The van der Waals surface area contributed by atoms with Gasteiger partial charge in [-0.15, -0.1) is 0 Å². The zero-order valence-corrected chi connectivity index (χ0v) is 15.8. The fraction of sp³-hybridized carbons (Fsp3) is 0.409. The molecular formula is C22H26O5. The van der Waals surface area contributed by atoms with Gasteiger partial charge < -0.3 is 18.9 Å². The first kappa shape index (κ1) is 19.4. The average Bonchev–Trinajstić information content (AvgIpc) is 2.72. The van der Waals surface area contributed by atoms with Crippen LogP contribution in [0.2, 0.25) is 0 Å². The van der Waals surface area contributed by atoms with Gasteiger partial charge in [-0.1, -0.05) is 42.5 Å². The summed E-state index contributed by atoms with van der Waals surface area (Å²) >= 11 is 0. The minimum absolute atomic E-state index is 0.214. The number of benzene rings is 2. The molecule has 27 heavy (non-hydrogen) atoms. The van der Waals surface area contributed by atoms with E-state index in [1.54, 1.807) is 14.2 Å². The van der Waals surface area contributed by atoms with Crippen molar-refractivity contribution >= 4 is 5.97 Å². The largest absolute Gasteiger partial charge is 0.497 e. The normalized spacial score (nSPS) is 22.3. The number of aryl methyl sites for hydroxylation is 1. The van der Waals surface area contributed by atoms with Crippen LogP contribution in [0.25, 0.3) is 0 Å². The zero-order chi connectivity index (χ0) is 19.1. The number of carbonyl (C=O) groups is 1. The topological polar surface area (TPSA) is 54.0 Å². The third-order valence-electron chi connectivity index (χ3n) is 4.85. The van der Waals surface area contributed by atoms with Crippen molar-refractivity contribution in [3.63, 3.8) is 0 Å². The molecule has 0 aliphatic carbocycles. The lowest BCUT2D eigenvalue weighted by Crippen LogP contribution is -2.49. The van der Waals surface area contributed by atoms with Gasteiger partial charge in [-0.3, -0.25) is 4.79 Å². The van der Waals surface area contributed by atoms with Gasteiger partial charge in [0.2, 0.25) is 0 Å².